The van der Waals surface area contributed by atoms with Crippen LogP contribution in [-0.4, -0.2) is 63.0 Å². The number of nitro groups is 1. The second kappa shape index (κ2) is 17.3. The number of carboxylic acids is 1. The molecule has 330 valence electrons. The maximum Gasteiger partial charge on any atom is 0.336 e. The fourth-order valence-corrected chi connectivity index (χ4v) is 13.0. The second-order valence-corrected chi connectivity index (χ2v) is 23.8. The van der Waals surface area contributed by atoms with Gasteiger partial charge in [0.2, 0.25) is 0 Å². The first-order chi connectivity index (χ1) is 29.6. The number of amides is 1. The lowest BCUT2D eigenvalue weighted by Crippen LogP contribution is -2.64. The molecule has 0 spiro atoms. The summed E-state index contributed by atoms with van der Waals surface area (Å²) in [5, 5.41) is 30.0. The zero-order valence-corrected chi connectivity index (χ0v) is 39.8. The Morgan fingerprint density at radius 3 is 2.19 bits per heavy atom. The topological polar surface area (TPSA) is 128 Å². The van der Waals surface area contributed by atoms with E-state index in [-0.39, 0.29) is 52.0 Å². The van der Waals surface area contributed by atoms with E-state index in [0.717, 1.165) is 27.5 Å². The van der Waals surface area contributed by atoms with E-state index in [1.807, 2.05) is 13.0 Å². The van der Waals surface area contributed by atoms with Crippen LogP contribution >= 0.6 is 0 Å². The lowest BCUT2D eigenvalue weighted by molar-refractivity contribution is -0.385. The summed E-state index contributed by atoms with van der Waals surface area (Å²) in [6.07, 6.45) is 5.89. The van der Waals surface area contributed by atoms with Gasteiger partial charge in [-0.1, -0.05) is 89.7 Å². The van der Waals surface area contributed by atoms with E-state index in [9.17, 15) is 24.8 Å². The van der Waals surface area contributed by atoms with Crippen molar-refractivity contribution in [3.63, 3.8) is 0 Å². The number of nitrogens with zero attached hydrogens (tertiary/aromatic N) is 1. The number of ether oxygens (including phenoxy) is 2. The van der Waals surface area contributed by atoms with Crippen LogP contribution < -0.4 is 26.1 Å². The van der Waals surface area contributed by atoms with Crippen molar-refractivity contribution >= 4 is 58.3 Å². The highest BCUT2D eigenvalue weighted by atomic mass is 28.3. The number of carbonyl (C=O) groups excluding carboxylic acids is 1. The third-order valence-electron chi connectivity index (χ3n) is 14.1. The summed E-state index contributed by atoms with van der Waals surface area (Å²) in [4.78, 5) is 38.1. The summed E-state index contributed by atoms with van der Waals surface area (Å²) in [6, 6.07) is 19.7. The SMILES string of the molecule is CC1=CC(C)(C)C(C)c2cc3c(cc21)C(c1cc(C(=O)NCCOCCOCCCc2ccc(C)cc2[N+](=O)[O-])ccc1C(=O)O)=c1cc2c(cc1[Si]3(C)C)=C(C)C(C)(C)C=C2C. The second-order valence-electron chi connectivity index (χ2n) is 19.5. The molecule has 0 aromatic heterocycles. The van der Waals surface area contributed by atoms with Gasteiger partial charge in [-0.3, -0.25) is 14.9 Å². The summed E-state index contributed by atoms with van der Waals surface area (Å²) >= 11 is 0. The molecule has 63 heavy (non-hydrogen) atoms. The smallest absolute Gasteiger partial charge is 0.336 e. The molecule has 0 saturated carbocycles. The molecular weight excluding hydrogens is 805 g/mol. The maximum atomic E-state index is 13.8. The fourth-order valence-electron chi connectivity index (χ4n) is 9.98. The molecule has 7 rings (SSSR count). The fraction of sp³-hybridized carbons (Fsp3) is 0.396. The van der Waals surface area contributed by atoms with Gasteiger partial charge in [-0.05, 0) is 153 Å². The zero-order chi connectivity index (χ0) is 45.8. The van der Waals surface area contributed by atoms with Crippen LogP contribution in [0.15, 0.2) is 72.8 Å². The molecule has 0 fully saturated rings. The van der Waals surface area contributed by atoms with Crippen molar-refractivity contribution in [2.24, 2.45) is 10.8 Å². The number of hydrogen-bond donors (Lipinski definition) is 2. The van der Waals surface area contributed by atoms with Crippen molar-refractivity contribution in [1.82, 2.24) is 5.32 Å². The van der Waals surface area contributed by atoms with Gasteiger partial charge in [-0.15, -0.1) is 0 Å². The van der Waals surface area contributed by atoms with Crippen LogP contribution in [0, 0.1) is 27.9 Å². The van der Waals surface area contributed by atoms with Gasteiger partial charge in [0.05, 0.1) is 30.3 Å². The Labute approximate surface area is 372 Å². The van der Waals surface area contributed by atoms with Gasteiger partial charge in [-0.2, -0.15) is 0 Å². The average Bonchev–Trinajstić information content (AvgIpc) is 3.22. The molecule has 0 bridgehead atoms. The van der Waals surface area contributed by atoms with Crippen LogP contribution in [0.3, 0.4) is 0 Å². The summed E-state index contributed by atoms with van der Waals surface area (Å²) < 4.78 is 11.5. The Balaban J connectivity index is 1.18. The monoisotopic (exact) mass is 866 g/mol. The average molecular weight is 867 g/mol. The maximum absolute atomic E-state index is 13.8. The van der Waals surface area contributed by atoms with Gasteiger partial charge in [0.1, 0.15) is 8.07 Å². The Bertz CT molecular complexity index is 2760. The first kappa shape index (κ1) is 45.6. The normalized spacial score (nSPS) is 17.7. The number of benzene rings is 4. The minimum Gasteiger partial charge on any atom is -0.478 e. The number of fused-ring (bicyclic) bond motifs is 4. The molecule has 1 heterocycles. The van der Waals surface area contributed by atoms with Crippen LogP contribution in [0.2, 0.25) is 13.1 Å². The molecule has 10 heteroatoms. The molecule has 1 atom stereocenters. The first-order valence-electron chi connectivity index (χ1n) is 22.2. The van der Waals surface area contributed by atoms with Crippen molar-refractivity contribution in [1.29, 1.82) is 0 Å². The standard InChI is InChI=1S/C53H62N2O7Si/c1-31-14-15-36(46(23-31)55(59)60)13-12-19-61-21-22-62-20-18-54-50(56)37-16-17-38(51(57)58)43(24-37)49-44-25-39-32(2)29-52(6,7)34(4)41(39)27-47(44)63(10,11)48-28-42-35(5)53(8,9)30-33(3)40(42)26-45(48)49/h14-17,23-30,34H,12-13,18-22H2,1-11H3,(H,54,56)(H,57,58). The van der Waals surface area contributed by atoms with E-state index in [4.69, 9.17) is 9.47 Å². The Morgan fingerprint density at radius 2 is 1.49 bits per heavy atom. The Hall–Kier alpha value is -5.42. The van der Waals surface area contributed by atoms with E-state index in [1.54, 1.807) is 30.3 Å². The van der Waals surface area contributed by atoms with E-state index in [2.05, 4.69) is 110 Å². The summed E-state index contributed by atoms with van der Waals surface area (Å²) in [5.74, 6) is -1.09. The minimum atomic E-state index is -2.41. The molecule has 9 nitrogen and oxygen atoms in total. The Morgan fingerprint density at radius 1 is 0.794 bits per heavy atom. The molecule has 4 aromatic rings. The van der Waals surface area contributed by atoms with E-state index < -0.39 is 14.0 Å². The highest BCUT2D eigenvalue weighted by Crippen LogP contribution is 2.46. The lowest BCUT2D eigenvalue weighted by Gasteiger charge is -2.40. The molecule has 3 aliphatic rings. The van der Waals surface area contributed by atoms with Crippen molar-refractivity contribution in [2.75, 3.05) is 33.0 Å². The Kier molecular flexibility index (Phi) is 12.5. The van der Waals surface area contributed by atoms with Gasteiger partial charge >= 0.3 is 5.97 Å². The van der Waals surface area contributed by atoms with Gasteiger partial charge in [-0.25, -0.2) is 4.79 Å². The predicted molar refractivity (Wildman–Crippen MR) is 256 cm³/mol. The number of carbonyl (C=O) groups is 2. The molecule has 0 saturated heterocycles. The highest BCUT2D eigenvalue weighted by molar-refractivity contribution is 7.01. The third kappa shape index (κ3) is 8.65. The minimum absolute atomic E-state index is 0.0233. The van der Waals surface area contributed by atoms with Crippen LogP contribution in [0.5, 0.6) is 0 Å². The van der Waals surface area contributed by atoms with Gasteiger partial charge in [0, 0.05) is 35.8 Å². The summed E-state index contributed by atoms with van der Waals surface area (Å²) in [7, 11) is -2.41. The van der Waals surface area contributed by atoms with Gasteiger partial charge in [0.15, 0.2) is 0 Å². The van der Waals surface area contributed by atoms with Crippen molar-refractivity contribution < 1.29 is 29.1 Å². The molecule has 2 aliphatic carbocycles. The first-order valence-corrected chi connectivity index (χ1v) is 25.2. The number of carboxylic acid groups (broad SMARTS) is 1. The highest BCUT2D eigenvalue weighted by Gasteiger charge is 2.40. The number of allylic oxidation sites excluding steroid dienone is 4. The molecule has 0 radical (unpaired) electrons. The lowest BCUT2D eigenvalue weighted by atomic mass is 9.68. The zero-order valence-electron chi connectivity index (χ0n) is 38.8. The largest absolute Gasteiger partial charge is 0.478 e. The van der Waals surface area contributed by atoms with Crippen LogP contribution in [0.1, 0.15) is 127 Å². The summed E-state index contributed by atoms with van der Waals surface area (Å²) in [5.41, 5.74) is 11.9. The van der Waals surface area contributed by atoms with Crippen molar-refractivity contribution in [3.05, 3.63) is 143 Å². The van der Waals surface area contributed by atoms with Crippen LogP contribution in [-0.2, 0) is 15.9 Å². The number of aryl methyl sites for hydroxylation is 2. The molecule has 1 amide bonds. The van der Waals surface area contributed by atoms with E-state index in [0.29, 0.717) is 49.4 Å². The molecule has 2 N–H and O–H groups in total. The number of rotatable bonds is 14. The number of nitro benzene ring substituents is 1. The van der Waals surface area contributed by atoms with Crippen molar-refractivity contribution in [3.8, 4) is 0 Å². The van der Waals surface area contributed by atoms with Crippen LogP contribution in [0.4, 0.5) is 5.69 Å². The third-order valence-corrected chi connectivity index (χ3v) is 17.6. The number of nitrogens with one attached hydrogen (secondary N) is 1. The quantitative estimate of drug-likeness (QED) is 0.0563. The van der Waals surface area contributed by atoms with Gasteiger partial charge in [0.25, 0.3) is 11.6 Å². The summed E-state index contributed by atoms with van der Waals surface area (Å²) in [6.45, 7) is 26.3. The molecule has 1 aliphatic heterocycles. The van der Waals surface area contributed by atoms with Crippen molar-refractivity contribution in [2.45, 2.75) is 94.2 Å². The van der Waals surface area contributed by atoms with Gasteiger partial charge < -0.3 is 19.9 Å². The van der Waals surface area contributed by atoms with E-state index in [1.165, 1.54) is 43.4 Å². The molecule has 4 aromatic carbocycles. The molecular formula is C53H62N2O7Si. The van der Waals surface area contributed by atoms with Crippen LogP contribution in [0.25, 0.3) is 22.3 Å². The molecule has 1 unspecified atom stereocenters. The number of hydrogen-bond acceptors (Lipinski definition) is 6. The van der Waals surface area contributed by atoms with E-state index >= 15 is 0 Å². The predicted octanol–water partition coefficient (Wildman–Crippen LogP) is 8.54. The number of aromatic carboxylic acids is 1.